The average Bonchev–Trinajstić information content (AvgIpc) is 3.14. The van der Waals surface area contributed by atoms with Gasteiger partial charge in [0.1, 0.15) is 11.6 Å². The Bertz CT molecular complexity index is 810. The summed E-state index contributed by atoms with van der Waals surface area (Å²) in [6.07, 6.45) is 1.18. The molecule has 2 atom stereocenters. The number of nitrogens with zero attached hydrogens (tertiary/aromatic N) is 1. The molecule has 1 amide bonds. The first-order valence-corrected chi connectivity index (χ1v) is 10.2. The Kier molecular flexibility index (Phi) is 7.34. The predicted octanol–water partition coefficient (Wildman–Crippen LogP) is 3.26. The van der Waals surface area contributed by atoms with Gasteiger partial charge in [0.05, 0.1) is 6.04 Å². The SMILES string of the molecule is CC(C)N1C[C@H](NCc2ccc(F)cc2)C[C@H]1C(=O)NCCc1ccccc1F. The number of rotatable bonds is 8. The van der Waals surface area contributed by atoms with E-state index >= 15 is 0 Å². The lowest BCUT2D eigenvalue weighted by Crippen LogP contribution is -2.46. The number of benzene rings is 2. The second kappa shape index (κ2) is 9.94. The molecule has 0 spiro atoms. The van der Waals surface area contributed by atoms with Gasteiger partial charge in [0.25, 0.3) is 0 Å². The zero-order chi connectivity index (χ0) is 20.8. The fourth-order valence-electron chi connectivity index (χ4n) is 3.84. The van der Waals surface area contributed by atoms with Gasteiger partial charge in [-0.2, -0.15) is 0 Å². The van der Waals surface area contributed by atoms with E-state index in [0.29, 0.717) is 31.5 Å². The number of amides is 1. The van der Waals surface area contributed by atoms with Crippen molar-refractivity contribution in [2.75, 3.05) is 13.1 Å². The molecule has 0 unspecified atom stereocenters. The van der Waals surface area contributed by atoms with E-state index < -0.39 is 0 Å². The van der Waals surface area contributed by atoms with Crippen LogP contribution in [-0.2, 0) is 17.8 Å². The third-order valence-electron chi connectivity index (χ3n) is 5.46. The van der Waals surface area contributed by atoms with E-state index in [1.165, 1.54) is 18.2 Å². The third-order valence-corrected chi connectivity index (χ3v) is 5.46. The van der Waals surface area contributed by atoms with E-state index in [-0.39, 0.29) is 35.7 Å². The fourth-order valence-corrected chi connectivity index (χ4v) is 3.84. The van der Waals surface area contributed by atoms with Crippen LogP contribution in [0, 0.1) is 11.6 Å². The maximum absolute atomic E-state index is 13.7. The number of hydrogen-bond acceptors (Lipinski definition) is 3. The minimum atomic E-state index is -0.243. The van der Waals surface area contributed by atoms with Crippen LogP contribution >= 0.6 is 0 Å². The Balaban J connectivity index is 1.52. The summed E-state index contributed by atoms with van der Waals surface area (Å²) in [4.78, 5) is 15.0. The highest BCUT2D eigenvalue weighted by Gasteiger charge is 2.37. The molecule has 156 valence electrons. The Morgan fingerprint density at radius 2 is 1.86 bits per heavy atom. The summed E-state index contributed by atoms with van der Waals surface area (Å²) < 4.78 is 26.8. The molecule has 2 aromatic rings. The number of halogens is 2. The second-order valence-corrected chi connectivity index (χ2v) is 7.88. The first-order chi connectivity index (χ1) is 13.9. The first-order valence-electron chi connectivity index (χ1n) is 10.2. The maximum atomic E-state index is 13.7. The summed E-state index contributed by atoms with van der Waals surface area (Å²) >= 11 is 0. The van der Waals surface area contributed by atoms with Crippen molar-refractivity contribution in [1.82, 2.24) is 15.5 Å². The van der Waals surface area contributed by atoms with E-state index in [1.54, 1.807) is 30.3 Å². The first kappa shape index (κ1) is 21.4. The zero-order valence-electron chi connectivity index (χ0n) is 17.0. The Hall–Kier alpha value is -2.31. The molecule has 1 aliphatic rings. The molecule has 1 saturated heterocycles. The van der Waals surface area contributed by atoms with Crippen molar-refractivity contribution in [3.8, 4) is 0 Å². The maximum Gasteiger partial charge on any atom is 0.237 e. The van der Waals surface area contributed by atoms with Crippen LogP contribution in [-0.4, -0.2) is 42.0 Å². The number of hydrogen-bond donors (Lipinski definition) is 2. The molecule has 4 nitrogen and oxygen atoms in total. The molecule has 0 saturated carbocycles. The van der Waals surface area contributed by atoms with Crippen molar-refractivity contribution in [3.05, 3.63) is 71.3 Å². The number of likely N-dealkylation sites (tertiary alicyclic amines) is 1. The van der Waals surface area contributed by atoms with Gasteiger partial charge in [0.2, 0.25) is 5.91 Å². The molecule has 3 rings (SSSR count). The summed E-state index contributed by atoms with van der Waals surface area (Å²) in [5.41, 5.74) is 1.62. The van der Waals surface area contributed by atoms with E-state index in [0.717, 1.165) is 12.1 Å². The van der Waals surface area contributed by atoms with Crippen molar-refractivity contribution >= 4 is 5.91 Å². The number of nitrogens with one attached hydrogen (secondary N) is 2. The van der Waals surface area contributed by atoms with Crippen LogP contribution in [0.5, 0.6) is 0 Å². The van der Waals surface area contributed by atoms with Gasteiger partial charge in [0, 0.05) is 31.7 Å². The van der Waals surface area contributed by atoms with Crippen molar-refractivity contribution in [3.63, 3.8) is 0 Å². The Morgan fingerprint density at radius 3 is 2.55 bits per heavy atom. The highest BCUT2D eigenvalue weighted by Crippen LogP contribution is 2.21. The summed E-state index contributed by atoms with van der Waals surface area (Å²) in [6, 6.07) is 13.3. The van der Waals surface area contributed by atoms with Crippen LogP contribution in [0.2, 0.25) is 0 Å². The highest BCUT2D eigenvalue weighted by atomic mass is 19.1. The molecule has 2 aromatic carbocycles. The van der Waals surface area contributed by atoms with Gasteiger partial charge in [0.15, 0.2) is 0 Å². The van der Waals surface area contributed by atoms with Crippen LogP contribution in [0.3, 0.4) is 0 Å². The summed E-state index contributed by atoms with van der Waals surface area (Å²) in [5, 5.41) is 6.45. The van der Waals surface area contributed by atoms with Gasteiger partial charge in [-0.05, 0) is 56.0 Å². The minimum absolute atomic E-state index is 0.0129. The second-order valence-electron chi connectivity index (χ2n) is 7.88. The number of carbonyl (C=O) groups is 1. The van der Waals surface area contributed by atoms with Crippen LogP contribution in [0.25, 0.3) is 0 Å². The van der Waals surface area contributed by atoms with Crippen LogP contribution in [0.15, 0.2) is 48.5 Å². The van der Waals surface area contributed by atoms with Gasteiger partial charge >= 0.3 is 0 Å². The smallest absolute Gasteiger partial charge is 0.237 e. The van der Waals surface area contributed by atoms with E-state index in [1.807, 2.05) is 0 Å². The summed E-state index contributed by atoms with van der Waals surface area (Å²) in [7, 11) is 0. The highest BCUT2D eigenvalue weighted by molar-refractivity contribution is 5.82. The topological polar surface area (TPSA) is 44.4 Å². The van der Waals surface area contributed by atoms with E-state index in [4.69, 9.17) is 0 Å². The standard InChI is InChI=1S/C23H29F2N3O/c1-16(2)28-15-20(27-14-17-7-9-19(24)10-8-17)13-22(28)23(29)26-12-11-18-5-3-4-6-21(18)25/h3-10,16,20,22,27H,11-15H2,1-2H3,(H,26,29)/t20-,22+/m1/s1. The molecule has 1 aliphatic heterocycles. The summed E-state index contributed by atoms with van der Waals surface area (Å²) in [5.74, 6) is -0.495. The molecule has 29 heavy (non-hydrogen) atoms. The molecule has 6 heteroatoms. The number of carbonyl (C=O) groups excluding carboxylic acids is 1. The fraction of sp³-hybridized carbons (Fsp3) is 0.435. The lowest BCUT2D eigenvalue weighted by Gasteiger charge is -2.27. The van der Waals surface area contributed by atoms with Gasteiger partial charge in [-0.15, -0.1) is 0 Å². The van der Waals surface area contributed by atoms with Gasteiger partial charge in [-0.25, -0.2) is 8.78 Å². The third kappa shape index (κ3) is 5.84. The molecular weight excluding hydrogens is 372 g/mol. The van der Waals surface area contributed by atoms with E-state index in [9.17, 15) is 13.6 Å². The predicted molar refractivity (Wildman–Crippen MR) is 110 cm³/mol. The molecule has 1 heterocycles. The van der Waals surface area contributed by atoms with Gasteiger partial charge in [-0.1, -0.05) is 30.3 Å². The van der Waals surface area contributed by atoms with Crippen molar-refractivity contribution in [2.45, 2.75) is 51.4 Å². The average molecular weight is 402 g/mol. The normalized spacial score (nSPS) is 19.6. The minimum Gasteiger partial charge on any atom is -0.354 e. The molecule has 0 aliphatic carbocycles. The largest absolute Gasteiger partial charge is 0.354 e. The Labute approximate surface area is 171 Å². The van der Waals surface area contributed by atoms with Gasteiger partial charge in [-0.3, -0.25) is 9.69 Å². The zero-order valence-corrected chi connectivity index (χ0v) is 17.0. The lowest BCUT2D eigenvalue weighted by atomic mass is 10.1. The molecular formula is C23H29F2N3O. The quantitative estimate of drug-likeness (QED) is 0.714. The van der Waals surface area contributed by atoms with Gasteiger partial charge < -0.3 is 10.6 Å². The molecule has 0 bridgehead atoms. The van der Waals surface area contributed by atoms with Crippen LogP contribution < -0.4 is 10.6 Å². The van der Waals surface area contributed by atoms with Crippen molar-refractivity contribution < 1.29 is 13.6 Å². The van der Waals surface area contributed by atoms with Crippen molar-refractivity contribution in [2.24, 2.45) is 0 Å². The van der Waals surface area contributed by atoms with E-state index in [2.05, 4.69) is 29.4 Å². The molecule has 1 fully saturated rings. The Morgan fingerprint density at radius 1 is 1.14 bits per heavy atom. The molecule has 0 aromatic heterocycles. The molecule has 2 N–H and O–H groups in total. The monoisotopic (exact) mass is 401 g/mol. The van der Waals surface area contributed by atoms with Crippen molar-refractivity contribution in [1.29, 1.82) is 0 Å². The molecule has 0 radical (unpaired) electrons. The van der Waals surface area contributed by atoms with Crippen LogP contribution in [0.4, 0.5) is 8.78 Å². The van der Waals surface area contributed by atoms with Crippen LogP contribution in [0.1, 0.15) is 31.4 Å². The lowest BCUT2D eigenvalue weighted by molar-refractivity contribution is -0.126. The summed E-state index contributed by atoms with van der Waals surface area (Å²) in [6.45, 7) is 6.00.